The summed E-state index contributed by atoms with van der Waals surface area (Å²) in [6, 6.07) is 4.17. The van der Waals surface area contributed by atoms with Crippen molar-refractivity contribution in [3.05, 3.63) is 35.0 Å². The molecule has 1 saturated heterocycles. The van der Waals surface area contributed by atoms with Crippen LogP contribution in [-0.2, 0) is 19.0 Å². The van der Waals surface area contributed by atoms with Crippen LogP contribution in [0.25, 0.3) is 0 Å². The van der Waals surface area contributed by atoms with E-state index in [4.69, 9.17) is 10.7 Å². The molecule has 2 heterocycles. The molecule has 2 aliphatic rings. The Labute approximate surface area is 167 Å². The van der Waals surface area contributed by atoms with Crippen LogP contribution < -0.4 is 21.3 Å². The molecule has 0 radical (unpaired) electrons. The molecule has 0 saturated carbocycles. The molecular weight excluding hydrogens is 381 g/mol. The highest BCUT2D eigenvalue weighted by Gasteiger charge is 2.33. The van der Waals surface area contributed by atoms with Gasteiger partial charge in [0.2, 0.25) is 5.95 Å². The summed E-state index contributed by atoms with van der Waals surface area (Å²) in [7, 11) is 1.96. The lowest BCUT2D eigenvalue weighted by Crippen LogP contribution is -2.45. The maximum absolute atomic E-state index is 13.2. The average molecular weight is 406 g/mol. The third-order valence-electron chi connectivity index (χ3n) is 5.66. The largest absolute Gasteiger partial charge is 0.418 e. The van der Waals surface area contributed by atoms with E-state index < -0.39 is 11.7 Å². The fraction of sp³-hybridized carbons (Fsp3) is 0.500. The number of hydrogen-bond acceptors (Lipinski definition) is 6. The Hall–Kier alpha value is -2.55. The molecule has 0 amide bonds. The van der Waals surface area contributed by atoms with E-state index in [9.17, 15) is 13.2 Å². The first-order valence-electron chi connectivity index (χ1n) is 9.91. The van der Waals surface area contributed by atoms with Gasteiger partial charge in [0.05, 0.1) is 11.3 Å². The first-order valence-corrected chi connectivity index (χ1v) is 9.91. The molecular formula is C20H25F3N6. The lowest BCUT2D eigenvalue weighted by Gasteiger charge is -2.34. The van der Waals surface area contributed by atoms with Crippen molar-refractivity contribution in [1.29, 1.82) is 0 Å². The van der Waals surface area contributed by atoms with Gasteiger partial charge < -0.3 is 21.3 Å². The van der Waals surface area contributed by atoms with Crippen molar-refractivity contribution in [3.8, 4) is 0 Å². The molecule has 1 fully saturated rings. The van der Waals surface area contributed by atoms with Gasteiger partial charge in [-0.05, 0) is 57.4 Å². The first kappa shape index (κ1) is 19.8. The van der Waals surface area contributed by atoms with Gasteiger partial charge >= 0.3 is 6.18 Å². The fourth-order valence-electron chi connectivity index (χ4n) is 4.14. The fourth-order valence-corrected chi connectivity index (χ4v) is 4.14. The number of nitrogen functional groups attached to an aromatic ring is 1. The molecule has 1 aromatic carbocycles. The van der Waals surface area contributed by atoms with Crippen molar-refractivity contribution in [2.24, 2.45) is 0 Å². The summed E-state index contributed by atoms with van der Waals surface area (Å²) in [6.45, 7) is 1.78. The van der Waals surface area contributed by atoms with E-state index in [1.54, 1.807) is 0 Å². The Kier molecular flexibility index (Phi) is 5.24. The molecule has 4 rings (SSSR count). The molecule has 29 heavy (non-hydrogen) atoms. The minimum absolute atomic E-state index is 0.266. The third-order valence-corrected chi connectivity index (χ3v) is 5.66. The third kappa shape index (κ3) is 4.10. The average Bonchev–Trinajstić information content (AvgIpc) is 3.16. The Morgan fingerprint density at radius 1 is 1.17 bits per heavy atom. The number of alkyl halides is 3. The van der Waals surface area contributed by atoms with Crippen LogP contribution in [0.15, 0.2) is 18.2 Å². The molecule has 9 heteroatoms. The summed E-state index contributed by atoms with van der Waals surface area (Å²) in [5.41, 5.74) is 6.75. The second kappa shape index (κ2) is 7.70. The predicted molar refractivity (Wildman–Crippen MR) is 107 cm³/mol. The quantitative estimate of drug-likeness (QED) is 0.675. The minimum atomic E-state index is -4.51. The molecule has 1 aromatic heterocycles. The Bertz CT molecular complexity index is 899. The normalized spacial score (nSPS) is 19.3. The van der Waals surface area contributed by atoms with Crippen molar-refractivity contribution < 1.29 is 13.2 Å². The summed E-state index contributed by atoms with van der Waals surface area (Å²) in [6.07, 6.45) is 0.493. The number of aryl methyl sites for hydroxylation is 1. The van der Waals surface area contributed by atoms with Gasteiger partial charge in [-0.1, -0.05) is 0 Å². The Balaban J connectivity index is 1.66. The number of halogens is 3. The van der Waals surface area contributed by atoms with E-state index in [1.165, 1.54) is 17.7 Å². The highest BCUT2D eigenvalue weighted by molar-refractivity contribution is 5.64. The van der Waals surface area contributed by atoms with Crippen molar-refractivity contribution in [2.75, 3.05) is 36.1 Å². The van der Waals surface area contributed by atoms with Crippen molar-refractivity contribution >= 4 is 23.1 Å². The number of nitrogens with zero attached hydrogens (tertiary/aromatic N) is 3. The topological polar surface area (TPSA) is 79.1 Å². The van der Waals surface area contributed by atoms with Crippen LogP contribution in [0.2, 0.25) is 0 Å². The molecule has 1 aliphatic heterocycles. The van der Waals surface area contributed by atoms with Crippen molar-refractivity contribution in [2.45, 2.75) is 44.3 Å². The predicted octanol–water partition coefficient (Wildman–Crippen LogP) is 3.50. The Morgan fingerprint density at radius 3 is 2.76 bits per heavy atom. The van der Waals surface area contributed by atoms with Crippen molar-refractivity contribution in [3.63, 3.8) is 0 Å². The van der Waals surface area contributed by atoms with Crippen LogP contribution >= 0.6 is 0 Å². The van der Waals surface area contributed by atoms with Crippen LogP contribution in [0.1, 0.15) is 36.1 Å². The van der Waals surface area contributed by atoms with E-state index >= 15 is 0 Å². The molecule has 0 bridgehead atoms. The molecule has 1 aliphatic carbocycles. The van der Waals surface area contributed by atoms with Gasteiger partial charge in [-0.2, -0.15) is 18.2 Å². The number of likely N-dealkylation sites (N-methyl/N-ethyl adjacent to an activating group) is 1. The standard InChI is InChI=1S/C20H25F3N6/c1-25-13-4-3-9-29(11-13)18-14-5-2-6-17(14)27-19(28-18)26-12-7-8-16(24)15(10-12)20(21,22)23/h7-8,10,13,25H,2-6,9,11,24H2,1H3,(H,26,27,28). The van der Waals surface area contributed by atoms with Gasteiger partial charge in [0.25, 0.3) is 0 Å². The summed E-state index contributed by atoms with van der Waals surface area (Å²) in [5, 5.41) is 6.29. The van der Waals surface area contributed by atoms with Crippen molar-refractivity contribution in [1.82, 2.24) is 15.3 Å². The maximum atomic E-state index is 13.2. The number of nitrogens with one attached hydrogen (secondary N) is 2. The number of benzene rings is 1. The SMILES string of the molecule is CNC1CCCN(c2nc(Nc3ccc(N)c(C(F)(F)F)c3)nc3c2CCC3)C1. The van der Waals surface area contributed by atoms with E-state index in [0.29, 0.717) is 12.0 Å². The van der Waals surface area contributed by atoms with Gasteiger partial charge in [0, 0.05) is 36.1 Å². The molecule has 156 valence electrons. The van der Waals surface area contributed by atoms with Gasteiger partial charge in [-0.25, -0.2) is 4.98 Å². The van der Waals surface area contributed by atoms with E-state index in [0.717, 1.165) is 62.8 Å². The number of fused-ring (bicyclic) bond motifs is 1. The second-order valence-electron chi connectivity index (χ2n) is 7.65. The summed E-state index contributed by atoms with van der Waals surface area (Å²) < 4.78 is 39.5. The smallest absolute Gasteiger partial charge is 0.398 e. The number of nitrogens with two attached hydrogens (primary N) is 1. The van der Waals surface area contributed by atoms with Gasteiger partial charge in [0.15, 0.2) is 0 Å². The first-order chi connectivity index (χ1) is 13.8. The molecule has 2 aromatic rings. The maximum Gasteiger partial charge on any atom is 0.418 e. The molecule has 1 atom stereocenters. The highest BCUT2D eigenvalue weighted by atomic mass is 19.4. The van der Waals surface area contributed by atoms with Crippen LogP contribution in [0.5, 0.6) is 0 Å². The van der Waals surface area contributed by atoms with Gasteiger partial charge in [0.1, 0.15) is 5.82 Å². The van der Waals surface area contributed by atoms with Gasteiger partial charge in [-0.15, -0.1) is 0 Å². The highest BCUT2D eigenvalue weighted by Crippen LogP contribution is 2.36. The zero-order valence-electron chi connectivity index (χ0n) is 16.3. The summed E-state index contributed by atoms with van der Waals surface area (Å²) >= 11 is 0. The molecule has 0 spiro atoms. The number of hydrogen-bond donors (Lipinski definition) is 3. The number of anilines is 4. The van der Waals surface area contributed by atoms with Crippen LogP contribution in [0.3, 0.4) is 0 Å². The zero-order chi connectivity index (χ0) is 20.6. The van der Waals surface area contributed by atoms with Crippen LogP contribution in [-0.4, -0.2) is 36.1 Å². The van der Waals surface area contributed by atoms with Gasteiger partial charge in [-0.3, -0.25) is 0 Å². The zero-order valence-corrected chi connectivity index (χ0v) is 16.3. The number of aromatic nitrogens is 2. The van der Waals surface area contributed by atoms with E-state index in [1.807, 2.05) is 7.05 Å². The van der Waals surface area contributed by atoms with E-state index in [-0.39, 0.29) is 11.4 Å². The molecule has 4 N–H and O–H groups in total. The Morgan fingerprint density at radius 2 is 2.00 bits per heavy atom. The van der Waals surface area contributed by atoms with Crippen LogP contribution in [0, 0.1) is 0 Å². The summed E-state index contributed by atoms with van der Waals surface area (Å²) in [4.78, 5) is 11.6. The lowest BCUT2D eigenvalue weighted by atomic mass is 10.1. The monoisotopic (exact) mass is 406 g/mol. The minimum Gasteiger partial charge on any atom is -0.398 e. The van der Waals surface area contributed by atoms with Crippen LogP contribution in [0.4, 0.5) is 36.3 Å². The molecule has 1 unspecified atom stereocenters. The second-order valence-corrected chi connectivity index (χ2v) is 7.65. The lowest BCUT2D eigenvalue weighted by molar-refractivity contribution is -0.136. The van der Waals surface area contributed by atoms with E-state index in [2.05, 4.69) is 20.5 Å². The molecule has 6 nitrogen and oxygen atoms in total. The number of piperidine rings is 1. The number of rotatable bonds is 4. The summed E-state index contributed by atoms with van der Waals surface area (Å²) in [5.74, 6) is 1.23.